The Hall–Kier alpha value is -0.343. The first-order valence-electron chi connectivity index (χ1n) is 3.96. The van der Waals surface area contributed by atoms with E-state index in [9.17, 15) is 0 Å². The summed E-state index contributed by atoms with van der Waals surface area (Å²) in [5, 5.41) is 1.42. The highest BCUT2D eigenvalue weighted by molar-refractivity contribution is 9.26. The molecule has 0 aliphatic heterocycles. The second-order valence-electron chi connectivity index (χ2n) is 3.30. The molecule has 0 saturated carbocycles. The first-order chi connectivity index (χ1) is 5.54. The van der Waals surface area contributed by atoms with E-state index in [4.69, 9.17) is 0 Å². The zero-order chi connectivity index (χ0) is 9.19. The summed E-state index contributed by atoms with van der Waals surface area (Å²) in [5.74, 6) is 0. The van der Waals surface area contributed by atoms with E-state index in [1.165, 1.54) is 10.8 Å². The molecule has 0 aliphatic rings. The van der Waals surface area contributed by atoms with E-state index in [1.54, 1.807) is 0 Å². The van der Waals surface area contributed by atoms with Crippen LogP contribution in [-0.2, 0) is 0 Å². The van der Waals surface area contributed by atoms with Gasteiger partial charge < -0.3 is 0 Å². The molecule has 0 atom stereocenters. The van der Waals surface area contributed by atoms with Crippen LogP contribution in [0.3, 0.4) is 0 Å². The van der Waals surface area contributed by atoms with Gasteiger partial charge in [0.05, 0.1) is 0 Å². The molecule has 2 heteroatoms. The van der Waals surface area contributed by atoms with Gasteiger partial charge in [-0.2, -0.15) is 0 Å². The maximum Gasteiger partial charge on any atom is 0.154 e. The first kappa shape index (κ1) is 9.74. The van der Waals surface area contributed by atoms with Crippen molar-refractivity contribution in [1.29, 1.82) is 0 Å². The summed E-state index contributed by atoms with van der Waals surface area (Å²) in [4.78, 5) is 0. The summed E-state index contributed by atoms with van der Waals surface area (Å²) in [6.07, 6.45) is 1.87. The van der Waals surface area contributed by atoms with Gasteiger partial charge in [-0.15, -0.1) is 15.3 Å². The molecular weight excluding hydrogens is 228 g/mol. The van der Waals surface area contributed by atoms with Gasteiger partial charge in [-0.1, -0.05) is 50.0 Å². The highest BCUT2D eigenvalue weighted by Crippen LogP contribution is 2.11. The molecule has 0 aromatic heterocycles. The number of halogens is 1. The van der Waals surface area contributed by atoms with Crippen molar-refractivity contribution in [3.8, 4) is 0 Å². The van der Waals surface area contributed by atoms with E-state index < -0.39 is 6.69 Å². The minimum atomic E-state index is -1.29. The minimum absolute atomic E-state index is 1.18. The smallest absolute Gasteiger partial charge is 0.121 e. The largest absolute Gasteiger partial charge is 0.154 e. The third kappa shape index (κ3) is 2.32. The van der Waals surface area contributed by atoms with Crippen molar-refractivity contribution in [2.45, 2.75) is 13.1 Å². The van der Waals surface area contributed by atoms with Crippen molar-refractivity contribution in [2.24, 2.45) is 0 Å². The number of rotatable bonds is 2. The van der Waals surface area contributed by atoms with E-state index in [2.05, 4.69) is 59.2 Å². The standard InChI is InChI=1S/C10H13BrSi/c1-4-9-5-7-10(8-6-9)12(2,3)11/h4-8H,1H2,2-3H3. The Morgan fingerprint density at radius 3 is 2.08 bits per heavy atom. The molecule has 0 radical (unpaired) electrons. The lowest BCUT2D eigenvalue weighted by Crippen LogP contribution is -2.33. The number of benzene rings is 1. The maximum absolute atomic E-state index is 3.75. The molecule has 12 heavy (non-hydrogen) atoms. The van der Waals surface area contributed by atoms with Crippen LogP contribution in [0.2, 0.25) is 13.1 Å². The monoisotopic (exact) mass is 240 g/mol. The molecule has 0 amide bonds. The lowest BCUT2D eigenvalue weighted by Gasteiger charge is -2.13. The Morgan fingerprint density at radius 1 is 1.25 bits per heavy atom. The Bertz CT molecular complexity index is 269. The third-order valence-corrected chi connectivity index (χ3v) is 4.91. The van der Waals surface area contributed by atoms with Crippen LogP contribution in [0.1, 0.15) is 5.56 Å². The van der Waals surface area contributed by atoms with Crippen LogP contribution in [0, 0.1) is 0 Å². The second-order valence-corrected chi connectivity index (χ2v) is 12.8. The third-order valence-electron chi connectivity index (χ3n) is 1.83. The number of hydrogen-bond donors (Lipinski definition) is 0. The highest BCUT2D eigenvalue weighted by Gasteiger charge is 2.18. The molecule has 64 valence electrons. The Morgan fingerprint density at radius 2 is 1.75 bits per heavy atom. The van der Waals surface area contributed by atoms with Crippen LogP contribution in [0.15, 0.2) is 30.8 Å². The zero-order valence-corrected chi connectivity index (χ0v) is 10.1. The van der Waals surface area contributed by atoms with E-state index in [0.29, 0.717) is 0 Å². The van der Waals surface area contributed by atoms with E-state index in [-0.39, 0.29) is 0 Å². The summed E-state index contributed by atoms with van der Waals surface area (Å²) in [6.45, 7) is 6.98. The lowest BCUT2D eigenvalue weighted by atomic mass is 10.2. The van der Waals surface area contributed by atoms with Gasteiger partial charge in [-0.3, -0.25) is 0 Å². The van der Waals surface area contributed by atoms with Crippen LogP contribution < -0.4 is 5.19 Å². The second kappa shape index (κ2) is 3.58. The SMILES string of the molecule is C=Cc1ccc([Si](C)(C)Br)cc1. The van der Waals surface area contributed by atoms with Crippen LogP contribution in [-0.4, -0.2) is 6.69 Å². The van der Waals surface area contributed by atoms with E-state index in [0.717, 1.165) is 0 Å². The van der Waals surface area contributed by atoms with Crippen molar-refractivity contribution in [3.05, 3.63) is 36.4 Å². The molecule has 0 bridgehead atoms. The Labute approximate surface area is 82.9 Å². The quantitative estimate of drug-likeness (QED) is 0.551. The fourth-order valence-corrected chi connectivity index (χ4v) is 2.77. The van der Waals surface area contributed by atoms with Gasteiger partial charge in [0, 0.05) is 0 Å². The maximum atomic E-state index is 3.75. The van der Waals surface area contributed by atoms with Gasteiger partial charge in [-0.25, -0.2) is 0 Å². The number of hydrogen-bond acceptors (Lipinski definition) is 0. The van der Waals surface area contributed by atoms with Crippen LogP contribution in [0.4, 0.5) is 0 Å². The predicted molar refractivity (Wildman–Crippen MR) is 62.6 cm³/mol. The Balaban J connectivity index is 3.00. The van der Waals surface area contributed by atoms with Crippen molar-refractivity contribution in [1.82, 2.24) is 0 Å². The van der Waals surface area contributed by atoms with Crippen molar-refractivity contribution < 1.29 is 0 Å². The fraction of sp³-hybridized carbons (Fsp3) is 0.200. The lowest BCUT2D eigenvalue weighted by molar-refractivity contribution is 1.69. The van der Waals surface area contributed by atoms with Gasteiger partial charge in [0.25, 0.3) is 0 Å². The molecule has 0 saturated heterocycles. The molecule has 1 aromatic carbocycles. The molecule has 0 nitrogen and oxygen atoms in total. The molecule has 0 heterocycles. The van der Waals surface area contributed by atoms with Crippen molar-refractivity contribution in [2.75, 3.05) is 0 Å². The van der Waals surface area contributed by atoms with E-state index >= 15 is 0 Å². The molecular formula is C10H13BrSi. The zero-order valence-electron chi connectivity index (χ0n) is 7.47. The summed E-state index contributed by atoms with van der Waals surface area (Å²) in [7, 11) is 0. The van der Waals surface area contributed by atoms with Crippen molar-refractivity contribution in [3.63, 3.8) is 0 Å². The topological polar surface area (TPSA) is 0 Å². The van der Waals surface area contributed by atoms with Gasteiger partial charge in [0.1, 0.15) is 0 Å². The molecule has 0 aliphatic carbocycles. The molecule has 0 N–H and O–H groups in total. The first-order valence-corrected chi connectivity index (χ1v) is 9.21. The highest BCUT2D eigenvalue weighted by atomic mass is 79.9. The average Bonchev–Trinajstić information content (AvgIpc) is 2.03. The summed E-state index contributed by atoms with van der Waals surface area (Å²) in [5.41, 5.74) is 1.18. The van der Waals surface area contributed by atoms with Crippen molar-refractivity contribution >= 4 is 33.2 Å². The summed E-state index contributed by atoms with van der Waals surface area (Å²) in [6, 6.07) is 8.58. The summed E-state index contributed by atoms with van der Waals surface area (Å²) >= 11 is 3.75. The molecule has 0 fully saturated rings. The summed E-state index contributed by atoms with van der Waals surface area (Å²) < 4.78 is 0. The molecule has 1 rings (SSSR count). The molecule has 1 aromatic rings. The van der Waals surface area contributed by atoms with Crippen LogP contribution in [0.25, 0.3) is 6.08 Å². The average molecular weight is 241 g/mol. The molecule has 0 spiro atoms. The van der Waals surface area contributed by atoms with Crippen LogP contribution in [0.5, 0.6) is 0 Å². The molecule has 0 unspecified atom stereocenters. The van der Waals surface area contributed by atoms with Crippen LogP contribution >= 0.6 is 15.3 Å². The Kier molecular flexibility index (Phi) is 2.91. The fourth-order valence-electron chi connectivity index (χ4n) is 1.02. The van der Waals surface area contributed by atoms with E-state index in [1.807, 2.05) is 6.08 Å². The van der Waals surface area contributed by atoms with Gasteiger partial charge in [0.15, 0.2) is 6.69 Å². The normalized spacial score (nSPS) is 11.2. The predicted octanol–water partition coefficient (Wildman–Crippen LogP) is 3.14. The van der Waals surface area contributed by atoms with Gasteiger partial charge in [-0.05, 0) is 10.8 Å². The van der Waals surface area contributed by atoms with Gasteiger partial charge in [0.2, 0.25) is 0 Å². The van der Waals surface area contributed by atoms with Gasteiger partial charge >= 0.3 is 0 Å². The minimum Gasteiger partial charge on any atom is -0.121 e.